The molecule has 0 saturated heterocycles. The number of amides is 1. The van der Waals surface area contributed by atoms with E-state index in [-0.39, 0.29) is 17.1 Å². The zero-order valence-corrected chi connectivity index (χ0v) is 13.5. The number of nitro benzene ring substituents is 2. The second kappa shape index (κ2) is 6.55. The third-order valence-corrected chi connectivity index (χ3v) is 3.73. The van der Waals surface area contributed by atoms with Gasteiger partial charge in [-0.1, -0.05) is 6.07 Å². The molecule has 9 heteroatoms. The summed E-state index contributed by atoms with van der Waals surface area (Å²) in [6, 6.07) is 11.4. The summed E-state index contributed by atoms with van der Waals surface area (Å²) in [7, 11) is 0. The lowest BCUT2D eigenvalue weighted by atomic mass is 10.1. The molecule has 3 rings (SSSR count). The first-order chi connectivity index (χ1) is 12.4. The Bertz CT molecular complexity index is 979. The van der Waals surface area contributed by atoms with Crippen LogP contribution in [0.15, 0.2) is 59.2 Å². The first-order valence-electron chi connectivity index (χ1n) is 7.47. The molecule has 0 N–H and O–H groups in total. The van der Waals surface area contributed by atoms with Gasteiger partial charge in [-0.2, -0.15) is 0 Å². The predicted molar refractivity (Wildman–Crippen MR) is 94.8 cm³/mol. The van der Waals surface area contributed by atoms with Crippen molar-refractivity contribution >= 4 is 34.9 Å². The summed E-state index contributed by atoms with van der Waals surface area (Å²) < 4.78 is 0. The third-order valence-electron chi connectivity index (χ3n) is 3.73. The van der Waals surface area contributed by atoms with Crippen LogP contribution in [0.2, 0.25) is 0 Å². The topological polar surface area (TPSA) is 119 Å². The Labute approximate surface area is 147 Å². The molecule has 0 aliphatic carbocycles. The maximum atomic E-state index is 12.6. The van der Waals surface area contributed by atoms with Crippen molar-refractivity contribution in [3.8, 4) is 0 Å². The molecule has 0 saturated carbocycles. The van der Waals surface area contributed by atoms with Crippen LogP contribution >= 0.6 is 0 Å². The summed E-state index contributed by atoms with van der Waals surface area (Å²) in [5.41, 5.74) is 0.885. The highest BCUT2D eigenvalue weighted by molar-refractivity contribution is 6.28. The molecule has 0 bridgehead atoms. The number of benzene rings is 2. The van der Waals surface area contributed by atoms with Crippen molar-refractivity contribution < 1.29 is 14.6 Å². The highest BCUT2D eigenvalue weighted by Gasteiger charge is 2.29. The van der Waals surface area contributed by atoms with Gasteiger partial charge >= 0.3 is 0 Å². The van der Waals surface area contributed by atoms with Crippen LogP contribution in [0.4, 0.5) is 17.1 Å². The minimum Gasteiger partial charge on any atom is -0.266 e. The first-order valence-corrected chi connectivity index (χ1v) is 7.47. The van der Waals surface area contributed by atoms with Crippen molar-refractivity contribution in [2.45, 2.75) is 6.92 Å². The van der Waals surface area contributed by atoms with Crippen LogP contribution in [0.1, 0.15) is 12.5 Å². The molecule has 1 aliphatic heterocycles. The molecule has 1 amide bonds. The molecule has 0 aromatic heterocycles. The highest BCUT2D eigenvalue weighted by atomic mass is 16.6. The van der Waals surface area contributed by atoms with Gasteiger partial charge in [0.25, 0.3) is 17.3 Å². The second-order valence-electron chi connectivity index (χ2n) is 5.45. The predicted octanol–water partition coefficient (Wildman–Crippen LogP) is 3.31. The largest absolute Gasteiger partial charge is 0.282 e. The smallest absolute Gasteiger partial charge is 0.266 e. The minimum atomic E-state index is -0.538. The molecule has 0 atom stereocenters. The lowest BCUT2D eigenvalue weighted by molar-refractivity contribution is -0.385. The van der Waals surface area contributed by atoms with E-state index in [1.165, 1.54) is 53.4 Å². The third kappa shape index (κ3) is 3.18. The molecule has 2 aromatic carbocycles. The zero-order valence-electron chi connectivity index (χ0n) is 13.5. The average Bonchev–Trinajstić information content (AvgIpc) is 2.89. The van der Waals surface area contributed by atoms with Gasteiger partial charge in [-0.3, -0.25) is 29.9 Å². The molecule has 0 fully saturated rings. The fourth-order valence-corrected chi connectivity index (χ4v) is 2.53. The van der Waals surface area contributed by atoms with Crippen LogP contribution in [0.5, 0.6) is 0 Å². The van der Waals surface area contributed by atoms with E-state index in [1.54, 1.807) is 13.0 Å². The summed E-state index contributed by atoms with van der Waals surface area (Å²) in [5.74, 6) is -0.0509. The van der Waals surface area contributed by atoms with Crippen LogP contribution in [0, 0.1) is 20.2 Å². The number of hydrogen-bond donors (Lipinski definition) is 0. The van der Waals surface area contributed by atoms with Gasteiger partial charge in [-0.15, -0.1) is 0 Å². The van der Waals surface area contributed by atoms with Crippen LogP contribution in [0.25, 0.3) is 6.08 Å². The Hall–Kier alpha value is -3.88. The highest BCUT2D eigenvalue weighted by Crippen LogP contribution is 2.28. The van der Waals surface area contributed by atoms with Gasteiger partial charge in [-0.25, -0.2) is 4.99 Å². The van der Waals surface area contributed by atoms with Crippen molar-refractivity contribution in [2.75, 3.05) is 4.90 Å². The molecule has 130 valence electrons. The maximum absolute atomic E-state index is 12.6. The number of amidine groups is 1. The van der Waals surface area contributed by atoms with Crippen molar-refractivity contribution in [1.82, 2.24) is 0 Å². The van der Waals surface area contributed by atoms with Crippen molar-refractivity contribution in [3.63, 3.8) is 0 Å². The fraction of sp³-hybridized carbons (Fsp3) is 0.0588. The Morgan fingerprint density at radius 2 is 1.65 bits per heavy atom. The van der Waals surface area contributed by atoms with Gasteiger partial charge in [0.15, 0.2) is 0 Å². The number of anilines is 1. The minimum absolute atomic E-state index is 0.0530. The normalized spacial score (nSPS) is 15.3. The van der Waals surface area contributed by atoms with E-state index in [1.807, 2.05) is 0 Å². The number of rotatable bonds is 4. The van der Waals surface area contributed by atoms with Gasteiger partial charge < -0.3 is 0 Å². The summed E-state index contributed by atoms with van der Waals surface area (Å²) in [6.45, 7) is 1.62. The summed E-state index contributed by atoms with van der Waals surface area (Å²) >= 11 is 0. The van der Waals surface area contributed by atoms with Crippen molar-refractivity contribution in [3.05, 3.63) is 80.0 Å². The SMILES string of the molecule is CC1=N/C(=C/c2ccc([N+](=O)[O-])cc2)C(=O)N1c1cccc([N+](=O)[O-])c1. The van der Waals surface area contributed by atoms with Crippen LogP contribution in [0.3, 0.4) is 0 Å². The Kier molecular flexibility index (Phi) is 4.27. The summed E-state index contributed by atoms with van der Waals surface area (Å²) in [5, 5.41) is 21.6. The van der Waals surface area contributed by atoms with Gasteiger partial charge in [0.2, 0.25) is 0 Å². The lowest BCUT2D eigenvalue weighted by Crippen LogP contribution is -2.30. The molecule has 2 aromatic rings. The molecule has 1 aliphatic rings. The van der Waals surface area contributed by atoms with Gasteiger partial charge in [-0.05, 0) is 36.8 Å². The van der Waals surface area contributed by atoms with Crippen LogP contribution < -0.4 is 4.90 Å². The van der Waals surface area contributed by atoms with E-state index < -0.39 is 15.8 Å². The summed E-state index contributed by atoms with van der Waals surface area (Å²) in [4.78, 5) is 38.7. The van der Waals surface area contributed by atoms with Crippen molar-refractivity contribution in [1.29, 1.82) is 0 Å². The maximum Gasteiger partial charge on any atom is 0.282 e. The number of nitrogens with zero attached hydrogens (tertiary/aromatic N) is 4. The molecular weight excluding hydrogens is 340 g/mol. The second-order valence-corrected chi connectivity index (χ2v) is 5.45. The molecule has 26 heavy (non-hydrogen) atoms. The Morgan fingerprint density at radius 3 is 2.27 bits per heavy atom. The Morgan fingerprint density at radius 1 is 1.00 bits per heavy atom. The van der Waals surface area contributed by atoms with Crippen LogP contribution in [-0.4, -0.2) is 21.6 Å². The standard InChI is InChI=1S/C17H12N4O5/c1-11-18-16(9-12-5-7-13(8-6-12)20(23)24)17(22)19(11)14-3-2-4-15(10-14)21(25)26/h2-10H,1H3/b16-9+. The molecule has 0 radical (unpaired) electrons. The van der Waals surface area contributed by atoms with E-state index in [9.17, 15) is 25.0 Å². The van der Waals surface area contributed by atoms with Gasteiger partial charge in [0, 0.05) is 24.3 Å². The van der Waals surface area contributed by atoms with Gasteiger partial charge in [0.05, 0.1) is 15.5 Å². The lowest BCUT2D eigenvalue weighted by Gasteiger charge is -2.15. The van der Waals surface area contributed by atoms with Crippen molar-refractivity contribution in [2.24, 2.45) is 4.99 Å². The van der Waals surface area contributed by atoms with Crippen LogP contribution in [-0.2, 0) is 4.79 Å². The van der Waals surface area contributed by atoms with E-state index in [0.29, 0.717) is 17.1 Å². The van der Waals surface area contributed by atoms with Gasteiger partial charge in [0.1, 0.15) is 11.5 Å². The fourth-order valence-electron chi connectivity index (χ4n) is 2.53. The van der Waals surface area contributed by atoms with E-state index >= 15 is 0 Å². The summed E-state index contributed by atoms with van der Waals surface area (Å²) in [6.07, 6.45) is 1.51. The van der Waals surface area contributed by atoms with E-state index in [0.717, 1.165) is 0 Å². The average molecular weight is 352 g/mol. The molecule has 0 unspecified atom stereocenters. The quantitative estimate of drug-likeness (QED) is 0.475. The molecular formula is C17H12N4O5. The number of aliphatic imine (C=N–C) groups is 1. The Balaban J connectivity index is 1.91. The van der Waals surface area contributed by atoms with E-state index in [2.05, 4.69) is 4.99 Å². The number of nitro groups is 2. The molecule has 1 heterocycles. The number of non-ortho nitro benzene ring substituents is 2. The monoisotopic (exact) mass is 352 g/mol. The number of carbonyl (C=O) groups excluding carboxylic acids is 1. The number of carbonyl (C=O) groups is 1. The number of hydrogen-bond acceptors (Lipinski definition) is 6. The zero-order chi connectivity index (χ0) is 18.8. The molecule has 9 nitrogen and oxygen atoms in total. The molecule has 0 spiro atoms. The van der Waals surface area contributed by atoms with E-state index in [4.69, 9.17) is 0 Å². The first kappa shape index (κ1) is 17.0.